The number of rotatable bonds is 6. The molecule has 4 rings (SSSR count). The van der Waals surface area contributed by atoms with Crippen molar-refractivity contribution >= 4 is 37.7 Å². The van der Waals surface area contributed by atoms with Gasteiger partial charge in [0.1, 0.15) is 5.37 Å². The van der Waals surface area contributed by atoms with Crippen LogP contribution in [0.2, 0.25) is 18.1 Å². The lowest BCUT2D eigenvalue weighted by atomic mass is 9.90. The minimum atomic E-state index is -1.91. The Morgan fingerprint density at radius 3 is 2.37 bits per heavy atom. The summed E-state index contributed by atoms with van der Waals surface area (Å²) < 4.78 is 8.08. The number of benzene rings is 1. The molecule has 3 atom stereocenters. The van der Waals surface area contributed by atoms with Crippen LogP contribution in [0, 0.1) is 5.92 Å². The fraction of sp³-hybridized carbons (Fsp3) is 0.625. The number of carbonyl (C=O) groups excluding carboxylic acids is 1. The lowest BCUT2D eigenvalue weighted by molar-refractivity contribution is -0.152. The van der Waals surface area contributed by atoms with E-state index in [1.807, 2.05) is 28.4 Å². The van der Waals surface area contributed by atoms with E-state index >= 15 is 0 Å². The molecule has 1 saturated heterocycles. The van der Waals surface area contributed by atoms with Gasteiger partial charge in [-0.15, -0.1) is 11.8 Å². The van der Waals surface area contributed by atoms with Gasteiger partial charge in [-0.2, -0.15) is 0 Å². The molecule has 0 aromatic heterocycles. The highest BCUT2D eigenvalue weighted by Crippen LogP contribution is 2.56. The number of carbonyl (C=O) groups is 1. The molecule has 1 fully saturated rings. The topological polar surface area (TPSA) is 29.5 Å². The molecule has 3 nitrogen and oxygen atoms in total. The van der Waals surface area contributed by atoms with Crippen LogP contribution in [0.15, 0.2) is 34.2 Å². The molecule has 0 spiro atoms. The van der Waals surface area contributed by atoms with Crippen molar-refractivity contribution in [2.75, 3.05) is 0 Å². The van der Waals surface area contributed by atoms with Gasteiger partial charge in [-0.1, -0.05) is 63.7 Å². The number of thioether (sulfide) groups is 2. The van der Waals surface area contributed by atoms with Gasteiger partial charge < -0.3 is 9.33 Å². The Morgan fingerprint density at radius 2 is 1.83 bits per heavy atom. The van der Waals surface area contributed by atoms with E-state index < -0.39 is 8.32 Å². The summed E-state index contributed by atoms with van der Waals surface area (Å²) >= 11 is 3.89. The summed E-state index contributed by atoms with van der Waals surface area (Å²) in [4.78, 5) is 15.2. The van der Waals surface area contributed by atoms with Gasteiger partial charge in [0.2, 0.25) is 5.91 Å². The molecule has 30 heavy (non-hydrogen) atoms. The first kappa shape index (κ1) is 22.5. The molecule has 1 aliphatic carbocycles. The number of hydrogen-bond donors (Lipinski definition) is 0. The van der Waals surface area contributed by atoms with Gasteiger partial charge in [0.05, 0.1) is 16.3 Å². The Hall–Kier alpha value is -0.693. The number of β-lactam (4-membered cyclic amide) rings is 1. The fourth-order valence-corrected chi connectivity index (χ4v) is 9.18. The van der Waals surface area contributed by atoms with Gasteiger partial charge >= 0.3 is 0 Å². The molecule has 0 bridgehead atoms. The average Bonchev–Trinajstić information content (AvgIpc) is 3.18. The van der Waals surface area contributed by atoms with Crippen molar-refractivity contribution in [2.24, 2.45) is 5.92 Å². The minimum Gasteiger partial charge on any atom is -0.413 e. The third-order valence-corrected chi connectivity index (χ3v) is 14.8. The van der Waals surface area contributed by atoms with Crippen LogP contribution in [0.3, 0.4) is 0 Å². The first-order valence-corrected chi connectivity index (χ1v) is 15.8. The van der Waals surface area contributed by atoms with Gasteiger partial charge in [0.25, 0.3) is 0 Å². The third-order valence-electron chi connectivity index (χ3n) is 7.31. The van der Waals surface area contributed by atoms with E-state index in [4.69, 9.17) is 4.43 Å². The molecule has 1 unspecified atom stereocenters. The number of amides is 1. The van der Waals surface area contributed by atoms with E-state index in [1.54, 1.807) is 0 Å². The summed E-state index contributed by atoms with van der Waals surface area (Å²) in [6.07, 6.45) is 3.19. The maximum absolute atomic E-state index is 13.2. The first-order chi connectivity index (χ1) is 14.0. The molecule has 0 N–H and O–H groups in total. The first-order valence-electron chi connectivity index (χ1n) is 11.2. The van der Waals surface area contributed by atoms with Crippen molar-refractivity contribution < 1.29 is 9.22 Å². The second-order valence-corrected chi connectivity index (χ2v) is 17.8. The smallest absolute Gasteiger partial charge is 0.236 e. The van der Waals surface area contributed by atoms with Gasteiger partial charge in [-0.25, -0.2) is 0 Å². The fourth-order valence-electron chi connectivity index (χ4n) is 4.44. The third kappa shape index (κ3) is 3.82. The van der Waals surface area contributed by atoms with Crippen LogP contribution in [-0.4, -0.2) is 35.9 Å². The largest absolute Gasteiger partial charge is 0.413 e. The normalized spacial score (nSPS) is 25.4. The predicted molar refractivity (Wildman–Crippen MR) is 132 cm³/mol. The highest BCUT2D eigenvalue weighted by atomic mass is 32.2. The maximum Gasteiger partial charge on any atom is 0.236 e. The van der Waals surface area contributed by atoms with Crippen LogP contribution >= 0.6 is 23.5 Å². The van der Waals surface area contributed by atoms with Crippen LogP contribution in [-0.2, 0) is 22.1 Å². The second kappa shape index (κ2) is 8.02. The Morgan fingerprint density at radius 1 is 1.23 bits per heavy atom. The van der Waals surface area contributed by atoms with Crippen LogP contribution in [0.5, 0.6) is 0 Å². The summed E-state index contributed by atoms with van der Waals surface area (Å²) in [5.41, 5.74) is 4.14. The summed E-state index contributed by atoms with van der Waals surface area (Å²) in [5, 5.41) is 0.957. The summed E-state index contributed by atoms with van der Waals surface area (Å²) in [6, 6.07) is 8.80. The quantitative estimate of drug-likeness (QED) is 0.362. The number of allylic oxidation sites excluding steroid dienone is 1. The van der Waals surface area contributed by atoms with E-state index in [2.05, 4.69) is 72.0 Å². The van der Waals surface area contributed by atoms with Crippen LogP contribution < -0.4 is 0 Å². The molecule has 2 aliphatic heterocycles. The molecule has 3 aliphatic rings. The second-order valence-electron chi connectivity index (χ2n) is 10.4. The zero-order valence-corrected chi connectivity index (χ0v) is 22.0. The van der Waals surface area contributed by atoms with Gasteiger partial charge in [-0.05, 0) is 55.4 Å². The summed E-state index contributed by atoms with van der Waals surface area (Å²) in [7, 11) is -1.91. The van der Waals surface area contributed by atoms with Crippen molar-refractivity contribution in [2.45, 2.75) is 88.7 Å². The molecule has 0 saturated carbocycles. The van der Waals surface area contributed by atoms with Crippen molar-refractivity contribution in [1.82, 2.24) is 4.90 Å². The molecular weight excluding hydrogens is 426 g/mol. The van der Waals surface area contributed by atoms with Crippen molar-refractivity contribution in [1.29, 1.82) is 0 Å². The molecule has 1 aromatic carbocycles. The van der Waals surface area contributed by atoms with Crippen LogP contribution in [0.25, 0.3) is 0 Å². The Bertz CT molecular complexity index is 851. The average molecular weight is 462 g/mol. The Labute approximate surface area is 191 Å². The van der Waals surface area contributed by atoms with Crippen LogP contribution in [0.1, 0.15) is 52.2 Å². The summed E-state index contributed by atoms with van der Waals surface area (Å²) in [6.45, 7) is 15.7. The van der Waals surface area contributed by atoms with Gasteiger partial charge in [0.15, 0.2) is 8.32 Å². The molecular formula is C24H35NO2S2Si. The van der Waals surface area contributed by atoms with E-state index in [-0.39, 0.29) is 28.3 Å². The van der Waals surface area contributed by atoms with Gasteiger partial charge in [-0.3, -0.25) is 4.79 Å². The molecule has 6 heteroatoms. The Kier molecular flexibility index (Phi) is 6.01. The van der Waals surface area contributed by atoms with Crippen molar-refractivity contribution in [3.63, 3.8) is 0 Å². The standard InChI is InChI=1S/C24H35NO2S2Si/c1-8-19(27-30(6,7)24(3,4)5)20-21(26)25-15(2)23(29-22(20)25)28-18-13-16-11-9-10-12-17(16)14-18/h9-12,18-20,22H,8,13-14H2,1-7H3/t19?,20-,22-/m1/s1. The van der Waals surface area contributed by atoms with E-state index in [9.17, 15) is 4.79 Å². The van der Waals surface area contributed by atoms with E-state index in [1.165, 1.54) is 15.4 Å². The van der Waals surface area contributed by atoms with Crippen LogP contribution in [0.4, 0.5) is 0 Å². The molecule has 1 amide bonds. The lowest BCUT2D eigenvalue weighted by Crippen LogP contribution is -2.62. The molecule has 2 heterocycles. The zero-order valence-electron chi connectivity index (χ0n) is 19.3. The zero-order chi connectivity index (χ0) is 21.8. The monoisotopic (exact) mass is 461 g/mol. The number of hydrogen-bond acceptors (Lipinski definition) is 4. The predicted octanol–water partition coefficient (Wildman–Crippen LogP) is 6.41. The SMILES string of the molecule is CCC(O[Si](C)(C)C(C)(C)C)[C@@H]1C(=O)N2C(C)=C(SC3Cc4ccccc4C3)S[C@H]12. The highest BCUT2D eigenvalue weighted by molar-refractivity contribution is 8.23. The number of fused-ring (bicyclic) bond motifs is 2. The molecule has 0 radical (unpaired) electrons. The maximum atomic E-state index is 13.2. The lowest BCUT2D eigenvalue weighted by Gasteiger charge is -2.49. The summed E-state index contributed by atoms with van der Waals surface area (Å²) in [5.74, 6) is 0.254. The van der Waals surface area contributed by atoms with Gasteiger partial charge in [0, 0.05) is 10.9 Å². The highest BCUT2D eigenvalue weighted by Gasteiger charge is 2.57. The van der Waals surface area contributed by atoms with Crippen molar-refractivity contribution in [3.05, 3.63) is 45.3 Å². The minimum absolute atomic E-state index is 0.0112. The molecule has 1 aromatic rings. The number of nitrogens with zero attached hydrogens (tertiary/aromatic N) is 1. The van der Waals surface area contributed by atoms with E-state index in [0.29, 0.717) is 5.25 Å². The molecule has 164 valence electrons. The van der Waals surface area contributed by atoms with E-state index in [0.717, 1.165) is 25.0 Å². The Balaban J connectivity index is 1.43. The van der Waals surface area contributed by atoms with Crippen molar-refractivity contribution in [3.8, 4) is 0 Å².